The van der Waals surface area contributed by atoms with Crippen molar-refractivity contribution in [3.05, 3.63) is 0 Å². The number of nitrogens with one attached hydrogen (secondary N) is 1. The molecule has 0 atom stereocenters. The topological polar surface area (TPSA) is 56.9 Å². The van der Waals surface area contributed by atoms with Crippen molar-refractivity contribution < 1.29 is 0 Å². The number of nitrogens with two attached hydrogens (primary N) is 1. The van der Waals surface area contributed by atoms with E-state index in [9.17, 15) is 0 Å². The molecule has 5 heteroatoms. The smallest absolute Gasteiger partial charge is 0.208 e. The molecule has 0 bridgehead atoms. The van der Waals surface area contributed by atoms with Gasteiger partial charge in [0.2, 0.25) is 5.96 Å². The molecule has 1 aliphatic heterocycles. The van der Waals surface area contributed by atoms with Gasteiger partial charge in [0.15, 0.2) is 0 Å². The lowest BCUT2D eigenvalue weighted by molar-refractivity contribution is 0.304. The second-order valence-corrected chi connectivity index (χ2v) is 4.32. The third-order valence-corrected chi connectivity index (χ3v) is 2.93. The first kappa shape index (κ1) is 13.3. The Bertz CT molecular complexity index is 210. The van der Waals surface area contributed by atoms with Crippen molar-refractivity contribution in [1.82, 2.24) is 15.2 Å². The Morgan fingerprint density at radius 1 is 1.44 bits per heavy atom. The quantitative estimate of drug-likeness (QED) is 0.306. The summed E-state index contributed by atoms with van der Waals surface area (Å²) in [7, 11) is 2.03. The first-order valence-corrected chi connectivity index (χ1v) is 6.22. The first-order valence-electron chi connectivity index (χ1n) is 6.22. The van der Waals surface area contributed by atoms with E-state index >= 15 is 0 Å². The average Bonchev–Trinajstić information content (AvgIpc) is 2.80. The molecule has 16 heavy (non-hydrogen) atoms. The Labute approximate surface area is 98.7 Å². The largest absolute Gasteiger partial charge is 0.344 e. The average molecular weight is 227 g/mol. The maximum absolute atomic E-state index is 5.46. The van der Waals surface area contributed by atoms with Gasteiger partial charge in [0.1, 0.15) is 0 Å². The summed E-state index contributed by atoms with van der Waals surface area (Å²) in [5.74, 6) is 6.25. The van der Waals surface area contributed by atoms with Crippen molar-refractivity contribution in [2.75, 3.05) is 39.8 Å². The van der Waals surface area contributed by atoms with Crippen LogP contribution in [-0.4, -0.2) is 55.5 Å². The first-order chi connectivity index (χ1) is 7.77. The van der Waals surface area contributed by atoms with Gasteiger partial charge >= 0.3 is 0 Å². The molecular formula is C11H25N5. The van der Waals surface area contributed by atoms with Gasteiger partial charge in [0, 0.05) is 26.7 Å². The summed E-state index contributed by atoms with van der Waals surface area (Å²) >= 11 is 0. The van der Waals surface area contributed by atoms with Gasteiger partial charge in [0.25, 0.3) is 0 Å². The molecule has 0 aromatic carbocycles. The van der Waals surface area contributed by atoms with Crippen molar-refractivity contribution >= 4 is 5.96 Å². The standard InChI is InChI=1S/C11H25N5/c1-3-6-13-11(14-12)15(2)9-10-16-7-4-5-8-16/h3-10,12H2,1-2H3,(H,13,14). The Morgan fingerprint density at radius 2 is 2.12 bits per heavy atom. The molecule has 1 heterocycles. The molecule has 1 rings (SSSR count). The summed E-state index contributed by atoms with van der Waals surface area (Å²) in [4.78, 5) is 8.98. The molecule has 1 aliphatic rings. The fourth-order valence-electron chi connectivity index (χ4n) is 1.90. The van der Waals surface area contributed by atoms with Crippen LogP contribution >= 0.6 is 0 Å². The van der Waals surface area contributed by atoms with Gasteiger partial charge in [0.05, 0.1) is 0 Å². The molecule has 0 aliphatic carbocycles. The van der Waals surface area contributed by atoms with Gasteiger partial charge in [-0.1, -0.05) is 6.92 Å². The van der Waals surface area contributed by atoms with Crippen molar-refractivity contribution in [2.45, 2.75) is 26.2 Å². The molecule has 5 nitrogen and oxygen atoms in total. The third kappa shape index (κ3) is 4.37. The van der Waals surface area contributed by atoms with E-state index in [4.69, 9.17) is 5.84 Å². The van der Waals surface area contributed by atoms with Gasteiger partial charge in [-0.25, -0.2) is 5.84 Å². The summed E-state index contributed by atoms with van der Waals surface area (Å²) in [6.07, 6.45) is 3.73. The molecule has 0 unspecified atom stereocenters. The van der Waals surface area contributed by atoms with Gasteiger partial charge in [-0.15, -0.1) is 0 Å². The molecule has 0 radical (unpaired) electrons. The van der Waals surface area contributed by atoms with Gasteiger partial charge in [-0.05, 0) is 32.4 Å². The van der Waals surface area contributed by atoms with Crippen LogP contribution in [0.25, 0.3) is 0 Å². The van der Waals surface area contributed by atoms with E-state index in [1.807, 2.05) is 7.05 Å². The number of hydrogen-bond donors (Lipinski definition) is 2. The van der Waals surface area contributed by atoms with E-state index < -0.39 is 0 Å². The van der Waals surface area contributed by atoms with E-state index in [1.165, 1.54) is 25.9 Å². The number of hydrazine groups is 1. The molecule has 0 amide bonds. The highest BCUT2D eigenvalue weighted by molar-refractivity contribution is 5.79. The molecule has 0 aromatic heterocycles. The summed E-state index contributed by atoms with van der Waals surface area (Å²) in [5, 5.41) is 0. The highest BCUT2D eigenvalue weighted by Gasteiger charge is 2.12. The highest BCUT2D eigenvalue weighted by Crippen LogP contribution is 2.06. The Kier molecular flexibility index (Phi) is 6.18. The lowest BCUT2D eigenvalue weighted by Gasteiger charge is -2.23. The lowest BCUT2D eigenvalue weighted by Crippen LogP contribution is -2.45. The zero-order chi connectivity index (χ0) is 11.8. The number of hydrogen-bond acceptors (Lipinski definition) is 3. The third-order valence-electron chi connectivity index (χ3n) is 2.93. The summed E-state index contributed by atoms with van der Waals surface area (Å²) < 4.78 is 0. The predicted molar refractivity (Wildman–Crippen MR) is 68.2 cm³/mol. The van der Waals surface area contributed by atoms with E-state index in [0.717, 1.165) is 32.0 Å². The minimum atomic E-state index is 0.793. The monoisotopic (exact) mass is 227 g/mol. The van der Waals surface area contributed by atoms with Gasteiger partial charge in [-0.2, -0.15) is 0 Å². The van der Waals surface area contributed by atoms with Crippen molar-refractivity contribution in [2.24, 2.45) is 10.8 Å². The van der Waals surface area contributed by atoms with E-state index in [2.05, 4.69) is 27.1 Å². The van der Waals surface area contributed by atoms with Crippen LogP contribution in [0, 0.1) is 0 Å². The second kappa shape index (κ2) is 7.46. The molecule has 3 N–H and O–H groups in total. The molecule has 0 spiro atoms. The van der Waals surface area contributed by atoms with Gasteiger partial charge in [-0.3, -0.25) is 10.4 Å². The molecule has 0 aromatic rings. The fourth-order valence-corrected chi connectivity index (χ4v) is 1.90. The molecule has 1 fully saturated rings. The van der Waals surface area contributed by atoms with Crippen LogP contribution in [0.15, 0.2) is 4.99 Å². The Hall–Kier alpha value is -0.810. The van der Waals surface area contributed by atoms with E-state index in [-0.39, 0.29) is 0 Å². The van der Waals surface area contributed by atoms with Crippen molar-refractivity contribution in [1.29, 1.82) is 0 Å². The van der Waals surface area contributed by atoms with Crippen LogP contribution in [0.4, 0.5) is 0 Å². The predicted octanol–water partition coefficient (Wildman–Crippen LogP) is 0.243. The Balaban J connectivity index is 2.27. The van der Waals surface area contributed by atoms with E-state index in [1.54, 1.807) is 0 Å². The zero-order valence-electron chi connectivity index (χ0n) is 10.6. The fraction of sp³-hybridized carbons (Fsp3) is 0.909. The molecule has 94 valence electrons. The van der Waals surface area contributed by atoms with Crippen LogP contribution in [-0.2, 0) is 0 Å². The van der Waals surface area contributed by atoms with E-state index in [0.29, 0.717) is 0 Å². The normalized spacial score (nSPS) is 17.8. The van der Waals surface area contributed by atoms with Crippen LogP contribution in [0.3, 0.4) is 0 Å². The number of aliphatic imine (C=N–C) groups is 1. The SMILES string of the molecule is CCCN=C(NN)N(C)CCN1CCCC1. The summed E-state index contributed by atoms with van der Waals surface area (Å²) in [6.45, 7) is 7.50. The van der Waals surface area contributed by atoms with Crippen LogP contribution in [0.5, 0.6) is 0 Å². The number of nitrogens with zero attached hydrogens (tertiary/aromatic N) is 3. The second-order valence-electron chi connectivity index (χ2n) is 4.32. The highest BCUT2D eigenvalue weighted by atomic mass is 15.4. The molecule has 1 saturated heterocycles. The minimum absolute atomic E-state index is 0.793. The maximum Gasteiger partial charge on any atom is 0.208 e. The number of rotatable bonds is 5. The minimum Gasteiger partial charge on any atom is -0.344 e. The maximum atomic E-state index is 5.46. The van der Waals surface area contributed by atoms with Crippen molar-refractivity contribution in [3.63, 3.8) is 0 Å². The number of likely N-dealkylation sites (N-methyl/N-ethyl adjacent to an activating group) is 1. The van der Waals surface area contributed by atoms with Crippen LogP contribution < -0.4 is 11.3 Å². The van der Waals surface area contributed by atoms with Crippen molar-refractivity contribution in [3.8, 4) is 0 Å². The van der Waals surface area contributed by atoms with Crippen LogP contribution in [0.1, 0.15) is 26.2 Å². The molecular weight excluding hydrogens is 202 g/mol. The summed E-state index contributed by atoms with van der Waals surface area (Å²) in [6, 6.07) is 0. The van der Waals surface area contributed by atoms with Gasteiger partial charge < -0.3 is 9.80 Å². The lowest BCUT2D eigenvalue weighted by atomic mass is 10.4. The number of guanidine groups is 1. The number of likely N-dealkylation sites (tertiary alicyclic amines) is 1. The Morgan fingerprint density at radius 3 is 2.69 bits per heavy atom. The van der Waals surface area contributed by atoms with Crippen LogP contribution in [0.2, 0.25) is 0 Å². The zero-order valence-corrected chi connectivity index (χ0v) is 10.6. The summed E-state index contributed by atoms with van der Waals surface area (Å²) in [5.41, 5.74) is 2.67. The molecule has 0 saturated carbocycles.